The minimum absolute atomic E-state index is 0.00105. The quantitative estimate of drug-likeness (QED) is 0.719. The summed E-state index contributed by atoms with van der Waals surface area (Å²) in [6.45, 7) is 5.28. The summed E-state index contributed by atoms with van der Waals surface area (Å²) in [5, 5.41) is 2.79. The fourth-order valence-corrected chi connectivity index (χ4v) is 4.13. The Kier molecular flexibility index (Phi) is 5.41. The lowest BCUT2D eigenvalue weighted by Crippen LogP contribution is -2.33. The molecule has 7 heteroatoms. The Hall–Kier alpha value is -1.99. The Morgan fingerprint density at radius 2 is 2.26 bits per heavy atom. The van der Waals surface area contributed by atoms with Crippen molar-refractivity contribution in [3.8, 4) is 5.88 Å². The Morgan fingerprint density at radius 1 is 1.41 bits per heavy atom. The first-order chi connectivity index (χ1) is 13.1. The third kappa shape index (κ3) is 4.47. The number of amides is 1. The molecule has 27 heavy (non-hydrogen) atoms. The highest BCUT2D eigenvalue weighted by Gasteiger charge is 2.34. The average molecular weight is 388 g/mol. The molecule has 0 N–H and O–H groups in total. The number of pyridine rings is 1. The molecule has 1 amide bonds. The van der Waals surface area contributed by atoms with Gasteiger partial charge in [-0.15, -0.1) is 11.3 Å². The van der Waals surface area contributed by atoms with Crippen LogP contribution in [0.15, 0.2) is 23.7 Å². The van der Waals surface area contributed by atoms with Crippen LogP contribution in [0.3, 0.4) is 0 Å². The maximum atomic E-state index is 13.1. The third-order valence-corrected chi connectivity index (χ3v) is 5.64. The van der Waals surface area contributed by atoms with E-state index in [1.165, 1.54) is 11.3 Å². The van der Waals surface area contributed by atoms with E-state index in [0.717, 1.165) is 42.9 Å². The molecular weight excluding hydrogens is 362 g/mol. The van der Waals surface area contributed by atoms with Crippen molar-refractivity contribution in [3.63, 3.8) is 0 Å². The molecule has 1 atom stereocenters. The van der Waals surface area contributed by atoms with Gasteiger partial charge in [-0.1, -0.05) is 0 Å². The van der Waals surface area contributed by atoms with E-state index >= 15 is 0 Å². The van der Waals surface area contributed by atoms with Gasteiger partial charge in [-0.05, 0) is 51.2 Å². The third-order valence-electron chi connectivity index (χ3n) is 4.70. The van der Waals surface area contributed by atoms with Crippen LogP contribution in [-0.2, 0) is 11.3 Å². The van der Waals surface area contributed by atoms with Crippen LogP contribution in [0.2, 0.25) is 0 Å². The molecule has 1 aliphatic heterocycles. The van der Waals surface area contributed by atoms with E-state index in [1.54, 1.807) is 6.20 Å². The lowest BCUT2D eigenvalue weighted by Gasteiger charge is -2.22. The van der Waals surface area contributed by atoms with Crippen LogP contribution < -0.4 is 4.74 Å². The predicted octanol–water partition coefficient (Wildman–Crippen LogP) is 3.98. The van der Waals surface area contributed by atoms with Gasteiger partial charge >= 0.3 is 0 Å². The van der Waals surface area contributed by atoms with E-state index < -0.39 is 0 Å². The van der Waals surface area contributed by atoms with Crippen LogP contribution >= 0.6 is 11.3 Å². The van der Waals surface area contributed by atoms with Gasteiger partial charge in [0.15, 0.2) is 0 Å². The van der Waals surface area contributed by atoms with Crippen molar-refractivity contribution < 1.29 is 14.3 Å². The first-order valence-corrected chi connectivity index (χ1v) is 10.5. The number of hydrogen-bond acceptors (Lipinski definition) is 6. The molecule has 6 nitrogen and oxygen atoms in total. The number of aromatic nitrogens is 2. The van der Waals surface area contributed by atoms with Gasteiger partial charge in [-0.3, -0.25) is 4.79 Å². The number of thiazole rings is 1. The predicted molar refractivity (Wildman–Crippen MR) is 103 cm³/mol. The van der Waals surface area contributed by atoms with Gasteiger partial charge in [-0.25, -0.2) is 9.97 Å². The number of rotatable bonds is 7. The van der Waals surface area contributed by atoms with Crippen LogP contribution in [0.1, 0.15) is 66.7 Å². The summed E-state index contributed by atoms with van der Waals surface area (Å²) in [6, 6.07) is 4.16. The Labute approximate surface area is 163 Å². The molecule has 144 valence electrons. The van der Waals surface area contributed by atoms with Crippen LogP contribution in [0.25, 0.3) is 0 Å². The molecule has 2 aromatic heterocycles. The highest BCUT2D eigenvalue weighted by molar-refractivity contribution is 7.09. The second kappa shape index (κ2) is 7.94. The molecule has 0 spiro atoms. The van der Waals surface area contributed by atoms with Gasteiger partial charge in [0.25, 0.3) is 5.91 Å². The zero-order valence-electron chi connectivity index (χ0n) is 15.8. The first-order valence-electron chi connectivity index (χ1n) is 9.59. The Balaban J connectivity index is 1.48. The first kappa shape index (κ1) is 18.4. The van der Waals surface area contributed by atoms with Gasteiger partial charge in [0.05, 0.1) is 6.10 Å². The van der Waals surface area contributed by atoms with Gasteiger partial charge in [0.2, 0.25) is 5.88 Å². The van der Waals surface area contributed by atoms with Gasteiger partial charge in [-0.2, -0.15) is 0 Å². The molecule has 3 heterocycles. The zero-order chi connectivity index (χ0) is 18.8. The van der Waals surface area contributed by atoms with Crippen molar-refractivity contribution in [1.29, 1.82) is 0 Å². The highest BCUT2D eigenvalue weighted by atomic mass is 32.1. The highest BCUT2D eigenvalue weighted by Crippen LogP contribution is 2.33. The van der Waals surface area contributed by atoms with E-state index in [4.69, 9.17) is 9.47 Å². The zero-order valence-corrected chi connectivity index (χ0v) is 16.6. The van der Waals surface area contributed by atoms with Crippen LogP contribution in [0.5, 0.6) is 5.88 Å². The van der Waals surface area contributed by atoms with Crippen molar-refractivity contribution in [3.05, 3.63) is 40.0 Å². The lowest BCUT2D eigenvalue weighted by atomic mass is 10.2. The second-order valence-corrected chi connectivity index (χ2v) is 8.30. The summed E-state index contributed by atoms with van der Waals surface area (Å²) < 4.78 is 11.4. The summed E-state index contributed by atoms with van der Waals surface area (Å²) >= 11 is 1.53. The van der Waals surface area contributed by atoms with Crippen LogP contribution in [0.4, 0.5) is 0 Å². The van der Waals surface area contributed by atoms with E-state index in [1.807, 2.05) is 36.3 Å². The maximum Gasteiger partial charge on any atom is 0.273 e. The molecule has 1 unspecified atom stereocenters. The summed E-state index contributed by atoms with van der Waals surface area (Å²) in [5.74, 6) is 0.598. The molecule has 0 bridgehead atoms. The minimum atomic E-state index is 0.00105. The summed E-state index contributed by atoms with van der Waals surface area (Å²) in [4.78, 5) is 23.9. The Bertz CT molecular complexity index is 797. The molecule has 0 radical (unpaired) electrons. The lowest BCUT2D eigenvalue weighted by molar-refractivity contribution is 0.0722. The normalized spacial score (nSPS) is 19.4. The number of nitrogens with zero attached hydrogens (tertiary/aromatic N) is 3. The number of ether oxygens (including phenoxy) is 2. The van der Waals surface area contributed by atoms with E-state index in [0.29, 0.717) is 24.2 Å². The van der Waals surface area contributed by atoms with Crippen molar-refractivity contribution in [2.75, 3.05) is 6.61 Å². The molecule has 1 saturated carbocycles. The molecule has 2 aliphatic rings. The van der Waals surface area contributed by atoms with Gasteiger partial charge < -0.3 is 14.4 Å². The van der Waals surface area contributed by atoms with Crippen LogP contribution in [0, 0.1) is 0 Å². The van der Waals surface area contributed by atoms with E-state index in [9.17, 15) is 4.79 Å². The van der Waals surface area contributed by atoms with E-state index in [2.05, 4.69) is 9.97 Å². The molecule has 2 fully saturated rings. The van der Waals surface area contributed by atoms with Gasteiger partial charge in [0, 0.05) is 36.8 Å². The smallest absolute Gasteiger partial charge is 0.273 e. The number of carbonyl (C=O) groups excluding carboxylic acids is 1. The van der Waals surface area contributed by atoms with Crippen LogP contribution in [-0.4, -0.2) is 39.5 Å². The van der Waals surface area contributed by atoms with Crippen molar-refractivity contribution in [2.24, 2.45) is 0 Å². The molecule has 0 aromatic carbocycles. The molecule has 1 aliphatic carbocycles. The molecule has 1 saturated heterocycles. The topological polar surface area (TPSA) is 64.5 Å². The molecule has 2 aromatic rings. The van der Waals surface area contributed by atoms with Gasteiger partial charge in [0.1, 0.15) is 16.8 Å². The summed E-state index contributed by atoms with van der Waals surface area (Å²) in [7, 11) is 0. The average Bonchev–Trinajstić information content (AvgIpc) is 3.13. The fraction of sp³-hybridized carbons (Fsp3) is 0.550. The largest absolute Gasteiger partial charge is 0.475 e. The summed E-state index contributed by atoms with van der Waals surface area (Å²) in [6.07, 6.45) is 6.01. The maximum absolute atomic E-state index is 13.1. The number of carbonyl (C=O) groups is 1. The molecular formula is C20H25N3O3S. The van der Waals surface area contributed by atoms with Crippen molar-refractivity contribution in [2.45, 2.75) is 64.3 Å². The van der Waals surface area contributed by atoms with E-state index in [-0.39, 0.29) is 18.1 Å². The fourth-order valence-electron chi connectivity index (χ4n) is 3.26. The minimum Gasteiger partial charge on any atom is -0.475 e. The Morgan fingerprint density at radius 3 is 2.96 bits per heavy atom. The standard InChI is InChI=1S/C20H25N3O3S/c1-13(2)26-18-10-14(7-8-21-18)11-23(15-5-6-15)20(24)16-12-27-19(22-16)17-4-3-9-25-17/h7-8,10,12-13,15,17H,3-6,9,11H2,1-2H3. The monoisotopic (exact) mass is 387 g/mol. The SMILES string of the molecule is CC(C)Oc1cc(CN(C(=O)c2csc(C3CCCO3)n2)C2CC2)ccn1. The number of hydrogen-bond donors (Lipinski definition) is 0. The molecule has 4 rings (SSSR count). The second-order valence-electron chi connectivity index (χ2n) is 7.41. The summed E-state index contributed by atoms with van der Waals surface area (Å²) in [5.41, 5.74) is 1.56. The van der Waals surface area contributed by atoms with Crippen molar-refractivity contribution >= 4 is 17.2 Å². The van der Waals surface area contributed by atoms with Crippen molar-refractivity contribution in [1.82, 2.24) is 14.9 Å².